The number of hydrogen-bond acceptors (Lipinski definition) is 2. The molecule has 4 rings (SSSR count). The van der Waals surface area contributed by atoms with Gasteiger partial charge in [-0.15, -0.1) is 0 Å². The Hall–Kier alpha value is -3.29. The van der Waals surface area contributed by atoms with Gasteiger partial charge in [-0.05, 0) is 42.3 Å². The predicted molar refractivity (Wildman–Crippen MR) is 104 cm³/mol. The third kappa shape index (κ3) is 3.36. The van der Waals surface area contributed by atoms with Gasteiger partial charge in [0.25, 0.3) is 0 Å². The molecule has 4 aromatic rings. The van der Waals surface area contributed by atoms with Gasteiger partial charge in [0.2, 0.25) is 11.3 Å². The summed E-state index contributed by atoms with van der Waals surface area (Å²) in [5.74, 6) is 0.104. The van der Waals surface area contributed by atoms with E-state index in [9.17, 15) is 26.3 Å². The van der Waals surface area contributed by atoms with Crippen molar-refractivity contribution in [2.75, 3.05) is 0 Å². The molecule has 0 amide bonds. The van der Waals surface area contributed by atoms with Crippen LogP contribution in [-0.2, 0) is 5.41 Å². The Balaban J connectivity index is 1.88. The molecule has 160 valence electrons. The summed E-state index contributed by atoms with van der Waals surface area (Å²) in [7, 11) is 0. The highest BCUT2D eigenvalue weighted by Crippen LogP contribution is 2.56. The fourth-order valence-corrected chi connectivity index (χ4v) is 3.64. The molecule has 0 unspecified atom stereocenters. The summed E-state index contributed by atoms with van der Waals surface area (Å²) in [5, 5.41) is 0. The second kappa shape index (κ2) is 7.14. The van der Waals surface area contributed by atoms with Gasteiger partial charge in [-0.25, -0.2) is 4.98 Å². The molecule has 8 heteroatoms. The maximum atomic E-state index is 14.2. The molecule has 0 N–H and O–H groups in total. The largest absolute Gasteiger partial charge is 0.436 e. The standard InChI is InChI=1S/C23H15F6NO/c1-14-6-10-16(11-7-14)21(22(24,25)26,23(27,28)29)17-12-8-15(9-13-17)20-30-18-4-2-3-5-19(18)31-20/h2-13H,1H3. The van der Waals surface area contributed by atoms with Crippen LogP contribution in [0.4, 0.5) is 26.3 Å². The van der Waals surface area contributed by atoms with Crippen molar-refractivity contribution in [3.63, 3.8) is 0 Å². The van der Waals surface area contributed by atoms with E-state index in [0.29, 0.717) is 16.7 Å². The SMILES string of the molecule is Cc1ccc(C(c2ccc(-c3nc4ccccc4o3)cc2)(C(F)(F)F)C(F)(F)F)cc1. The Kier molecular flexibility index (Phi) is 4.83. The van der Waals surface area contributed by atoms with Gasteiger partial charge in [-0.1, -0.05) is 54.1 Å². The highest BCUT2D eigenvalue weighted by atomic mass is 19.4. The Morgan fingerprint density at radius 1 is 0.677 bits per heavy atom. The van der Waals surface area contributed by atoms with Gasteiger partial charge in [0.15, 0.2) is 5.58 Å². The van der Waals surface area contributed by atoms with Crippen LogP contribution in [0.1, 0.15) is 16.7 Å². The number of hydrogen-bond donors (Lipinski definition) is 0. The molecule has 1 heterocycles. The lowest BCUT2D eigenvalue weighted by Crippen LogP contribution is -2.54. The second-order valence-corrected chi connectivity index (χ2v) is 7.18. The zero-order valence-electron chi connectivity index (χ0n) is 16.1. The second-order valence-electron chi connectivity index (χ2n) is 7.18. The third-order valence-corrected chi connectivity index (χ3v) is 5.19. The van der Waals surface area contributed by atoms with E-state index >= 15 is 0 Å². The fraction of sp³-hybridized carbons (Fsp3) is 0.174. The molecule has 0 fully saturated rings. The highest BCUT2D eigenvalue weighted by Gasteiger charge is 2.72. The molecule has 1 aromatic heterocycles. The summed E-state index contributed by atoms with van der Waals surface area (Å²) >= 11 is 0. The van der Waals surface area contributed by atoms with Crippen LogP contribution in [-0.4, -0.2) is 17.3 Å². The zero-order valence-corrected chi connectivity index (χ0v) is 16.1. The van der Waals surface area contributed by atoms with Crippen molar-refractivity contribution in [2.45, 2.75) is 24.7 Å². The van der Waals surface area contributed by atoms with Gasteiger partial charge in [-0.2, -0.15) is 26.3 Å². The van der Waals surface area contributed by atoms with Gasteiger partial charge in [-0.3, -0.25) is 0 Å². The highest BCUT2D eigenvalue weighted by molar-refractivity contribution is 5.76. The number of oxazole rings is 1. The maximum Gasteiger partial charge on any atom is 0.411 e. The first-order valence-corrected chi connectivity index (χ1v) is 9.21. The minimum Gasteiger partial charge on any atom is -0.436 e. The third-order valence-electron chi connectivity index (χ3n) is 5.19. The Labute approximate surface area is 173 Å². The quantitative estimate of drug-likeness (QED) is 0.318. The van der Waals surface area contributed by atoms with E-state index in [1.165, 1.54) is 12.1 Å². The summed E-state index contributed by atoms with van der Waals surface area (Å²) < 4.78 is 90.5. The summed E-state index contributed by atoms with van der Waals surface area (Å²) in [6.07, 6.45) is -11.3. The van der Waals surface area contributed by atoms with E-state index < -0.39 is 28.9 Å². The van der Waals surface area contributed by atoms with Crippen molar-refractivity contribution in [1.82, 2.24) is 4.98 Å². The smallest absolute Gasteiger partial charge is 0.411 e. The van der Waals surface area contributed by atoms with E-state index in [2.05, 4.69) is 4.98 Å². The van der Waals surface area contributed by atoms with E-state index in [0.717, 1.165) is 36.4 Å². The van der Waals surface area contributed by atoms with Crippen LogP contribution in [0.25, 0.3) is 22.6 Å². The number of aromatic nitrogens is 1. The van der Waals surface area contributed by atoms with E-state index in [4.69, 9.17) is 4.42 Å². The molecule has 0 saturated carbocycles. The van der Waals surface area contributed by atoms with Crippen molar-refractivity contribution in [3.8, 4) is 11.5 Å². The van der Waals surface area contributed by atoms with E-state index in [1.807, 2.05) is 0 Å². The number of fused-ring (bicyclic) bond motifs is 1. The van der Waals surface area contributed by atoms with Crippen molar-refractivity contribution in [3.05, 3.63) is 89.5 Å². The van der Waals surface area contributed by atoms with Gasteiger partial charge >= 0.3 is 12.4 Å². The number of alkyl halides is 6. The number of halogens is 6. The molecule has 0 bridgehead atoms. The average Bonchev–Trinajstić information content (AvgIpc) is 3.12. The van der Waals surface area contributed by atoms with Gasteiger partial charge in [0.05, 0.1) is 0 Å². The lowest BCUT2D eigenvalue weighted by Gasteiger charge is -2.38. The van der Waals surface area contributed by atoms with Crippen molar-refractivity contribution in [1.29, 1.82) is 0 Å². The van der Waals surface area contributed by atoms with Crippen LogP contribution in [0.2, 0.25) is 0 Å². The molecular formula is C23H15F6NO. The molecule has 2 nitrogen and oxygen atoms in total. The minimum atomic E-state index is -5.63. The van der Waals surface area contributed by atoms with Crippen molar-refractivity contribution in [2.24, 2.45) is 0 Å². The fourth-order valence-electron chi connectivity index (χ4n) is 3.64. The summed E-state index contributed by atoms with van der Waals surface area (Å²) in [5.41, 5.74) is -4.20. The van der Waals surface area contributed by atoms with Gasteiger partial charge in [0, 0.05) is 5.56 Å². The first kappa shape index (κ1) is 21.0. The predicted octanol–water partition coefficient (Wildman–Crippen LogP) is 7.21. The molecule has 3 aromatic carbocycles. The Morgan fingerprint density at radius 3 is 1.71 bits per heavy atom. The molecular weight excluding hydrogens is 420 g/mol. The Bertz CT molecular complexity index is 1160. The van der Waals surface area contributed by atoms with Crippen LogP contribution in [0.3, 0.4) is 0 Å². The van der Waals surface area contributed by atoms with Crippen molar-refractivity contribution >= 4 is 11.1 Å². The van der Waals surface area contributed by atoms with Crippen LogP contribution in [0.15, 0.2) is 77.2 Å². The first-order valence-electron chi connectivity index (χ1n) is 9.21. The van der Waals surface area contributed by atoms with Crippen LogP contribution in [0, 0.1) is 6.92 Å². The van der Waals surface area contributed by atoms with Crippen molar-refractivity contribution < 1.29 is 30.8 Å². The van der Waals surface area contributed by atoms with Gasteiger partial charge in [0.1, 0.15) is 5.52 Å². The number of aryl methyl sites for hydroxylation is 1. The minimum absolute atomic E-state index is 0.104. The molecule has 31 heavy (non-hydrogen) atoms. The number of benzene rings is 3. The van der Waals surface area contributed by atoms with E-state index in [1.54, 1.807) is 31.2 Å². The van der Waals surface area contributed by atoms with E-state index in [-0.39, 0.29) is 11.5 Å². The Morgan fingerprint density at radius 2 is 1.19 bits per heavy atom. The normalized spacial score (nSPS) is 13.0. The van der Waals surface area contributed by atoms with Crippen LogP contribution < -0.4 is 0 Å². The zero-order chi connectivity index (χ0) is 22.4. The van der Waals surface area contributed by atoms with Crippen LogP contribution in [0.5, 0.6) is 0 Å². The maximum absolute atomic E-state index is 14.2. The monoisotopic (exact) mass is 435 g/mol. The molecule has 0 aliphatic rings. The lowest BCUT2D eigenvalue weighted by atomic mass is 9.72. The molecule has 0 spiro atoms. The van der Waals surface area contributed by atoms with Crippen LogP contribution >= 0.6 is 0 Å². The first-order chi connectivity index (χ1) is 14.5. The van der Waals surface area contributed by atoms with Gasteiger partial charge < -0.3 is 4.42 Å². The average molecular weight is 435 g/mol. The summed E-state index contributed by atoms with van der Waals surface area (Å²) in [6, 6.07) is 15.0. The summed E-state index contributed by atoms with van der Waals surface area (Å²) in [6.45, 7) is 1.59. The molecule has 0 atom stereocenters. The lowest BCUT2D eigenvalue weighted by molar-refractivity contribution is -0.288. The number of rotatable bonds is 3. The number of para-hydroxylation sites is 2. The molecule has 0 aliphatic heterocycles. The number of nitrogens with zero attached hydrogens (tertiary/aromatic N) is 1. The summed E-state index contributed by atoms with van der Waals surface area (Å²) in [4.78, 5) is 4.23. The molecule has 0 radical (unpaired) electrons. The molecule has 0 aliphatic carbocycles. The topological polar surface area (TPSA) is 26.0 Å². The molecule has 0 saturated heterocycles.